The fraction of sp³-hybridized carbons (Fsp3) is 0. The first kappa shape index (κ1) is 14.9. The van der Waals surface area contributed by atoms with Gasteiger partial charge in [-0.1, -0.05) is 18.2 Å². The van der Waals surface area contributed by atoms with E-state index in [9.17, 15) is 5.26 Å². The highest BCUT2D eigenvalue weighted by molar-refractivity contribution is 14.1. The molecule has 0 amide bonds. The highest BCUT2D eigenvalue weighted by atomic mass is 127. The number of hydrogen-bond acceptors (Lipinski definition) is 4. The van der Waals surface area contributed by atoms with Crippen molar-refractivity contribution in [3.05, 3.63) is 68.3 Å². The predicted molar refractivity (Wildman–Crippen MR) is 98.0 cm³/mol. The lowest BCUT2D eigenvalue weighted by molar-refractivity contribution is 1.31. The average Bonchev–Trinajstić information content (AvgIpc) is 3.05. The molecule has 2 heterocycles. The van der Waals surface area contributed by atoms with Gasteiger partial charge in [0.15, 0.2) is 0 Å². The van der Waals surface area contributed by atoms with Crippen LogP contribution in [0.25, 0.3) is 22.9 Å². The summed E-state index contributed by atoms with van der Waals surface area (Å²) in [5.74, 6) is 0. The molecule has 106 valence electrons. The Bertz CT molecular complexity index is 863. The molecule has 0 radical (unpaired) electrons. The van der Waals surface area contributed by atoms with Gasteiger partial charge in [-0.3, -0.25) is 4.98 Å². The summed E-state index contributed by atoms with van der Waals surface area (Å²) in [6.45, 7) is 0. The maximum atomic E-state index is 9.45. The standard InChI is InChI=1S/C17H10IN3S/c18-15-4-2-1-3-13(15)9-14(10-19)17-21-16(11-22-17)12-5-7-20-8-6-12/h1-9,11H/b14-9-. The lowest BCUT2D eigenvalue weighted by atomic mass is 10.1. The first-order chi connectivity index (χ1) is 10.8. The van der Waals surface area contributed by atoms with Crippen LogP contribution in [0.1, 0.15) is 10.6 Å². The van der Waals surface area contributed by atoms with E-state index in [1.54, 1.807) is 12.4 Å². The third-order valence-electron chi connectivity index (χ3n) is 3.04. The van der Waals surface area contributed by atoms with Gasteiger partial charge in [-0.2, -0.15) is 5.26 Å². The Kier molecular flexibility index (Phi) is 4.61. The van der Waals surface area contributed by atoms with Crippen molar-refractivity contribution in [1.29, 1.82) is 5.26 Å². The monoisotopic (exact) mass is 415 g/mol. The highest BCUT2D eigenvalue weighted by Gasteiger charge is 2.09. The van der Waals surface area contributed by atoms with Crippen molar-refractivity contribution in [1.82, 2.24) is 9.97 Å². The molecule has 3 nitrogen and oxygen atoms in total. The minimum Gasteiger partial charge on any atom is -0.265 e. The Morgan fingerprint density at radius 2 is 1.95 bits per heavy atom. The smallest absolute Gasteiger partial charge is 0.134 e. The number of aromatic nitrogens is 2. The molecule has 0 fully saturated rings. The number of nitriles is 1. The summed E-state index contributed by atoms with van der Waals surface area (Å²) in [4.78, 5) is 8.58. The second kappa shape index (κ2) is 6.81. The summed E-state index contributed by atoms with van der Waals surface area (Å²) < 4.78 is 1.11. The van der Waals surface area contributed by atoms with E-state index in [4.69, 9.17) is 0 Å². The molecule has 22 heavy (non-hydrogen) atoms. The minimum absolute atomic E-state index is 0.578. The highest BCUT2D eigenvalue weighted by Crippen LogP contribution is 2.27. The number of pyridine rings is 1. The van der Waals surface area contributed by atoms with Crippen molar-refractivity contribution in [2.24, 2.45) is 0 Å². The maximum absolute atomic E-state index is 9.45. The van der Waals surface area contributed by atoms with Crippen LogP contribution >= 0.6 is 33.9 Å². The second-order valence-corrected chi connectivity index (χ2v) is 6.49. The molecule has 3 aromatic rings. The summed E-state index contributed by atoms with van der Waals surface area (Å²) in [6.07, 6.45) is 5.36. The molecule has 3 rings (SSSR count). The summed E-state index contributed by atoms with van der Waals surface area (Å²) in [7, 11) is 0. The van der Waals surface area contributed by atoms with Crippen LogP contribution in [0, 0.1) is 14.9 Å². The zero-order valence-electron chi connectivity index (χ0n) is 11.4. The summed E-state index contributed by atoms with van der Waals surface area (Å²) in [5, 5.41) is 12.1. The van der Waals surface area contributed by atoms with Crippen molar-refractivity contribution in [3.63, 3.8) is 0 Å². The Morgan fingerprint density at radius 3 is 2.68 bits per heavy atom. The molecule has 0 N–H and O–H groups in total. The van der Waals surface area contributed by atoms with E-state index in [0.29, 0.717) is 5.57 Å². The van der Waals surface area contributed by atoms with Crippen LogP contribution in [0.4, 0.5) is 0 Å². The summed E-state index contributed by atoms with van der Waals surface area (Å²) in [5.41, 5.74) is 3.48. The van der Waals surface area contributed by atoms with Crippen LogP contribution in [0.2, 0.25) is 0 Å². The van der Waals surface area contributed by atoms with Crippen LogP contribution in [-0.4, -0.2) is 9.97 Å². The molecule has 0 aliphatic heterocycles. The molecule has 2 aromatic heterocycles. The van der Waals surface area contributed by atoms with Gasteiger partial charge in [-0.15, -0.1) is 11.3 Å². The van der Waals surface area contributed by atoms with Gasteiger partial charge < -0.3 is 0 Å². The minimum atomic E-state index is 0.578. The van der Waals surface area contributed by atoms with Gasteiger partial charge in [0.05, 0.1) is 11.3 Å². The van der Waals surface area contributed by atoms with Gasteiger partial charge in [-0.25, -0.2) is 4.98 Å². The van der Waals surface area contributed by atoms with Gasteiger partial charge in [0.1, 0.15) is 11.1 Å². The van der Waals surface area contributed by atoms with Gasteiger partial charge in [-0.05, 0) is 52.4 Å². The van der Waals surface area contributed by atoms with Crippen LogP contribution in [0.5, 0.6) is 0 Å². The molecule has 5 heteroatoms. The van der Waals surface area contributed by atoms with Crippen molar-refractivity contribution in [2.75, 3.05) is 0 Å². The van der Waals surface area contributed by atoms with E-state index in [2.05, 4.69) is 38.6 Å². The van der Waals surface area contributed by atoms with Crippen LogP contribution in [0.15, 0.2) is 54.2 Å². The molecular weight excluding hydrogens is 405 g/mol. The number of nitrogens with zero attached hydrogens (tertiary/aromatic N) is 3. The van der Waals surface area contributed by atoms with E-state index in [0.717, 1.165) is 25.4 Å². The molecular formula is C17H10IN3S. The Hall–Kier alpha value is -2.04. The summed E-state index contributed by atoms with van der Waals surface area (Å²) >= 11 is 3.74. The SMILES string of the molecule is N#C/C(=C/c1ccccc1I)c1nc(-c2ccncc2)cs1. The third kappa shape index (κ3) is 3.24. The van der Waals surface area contributed by atoms with Gasteiger partial charge >= 0.3 is 0 Å². The molecule has 1 aromatic carbocycles. The van der Waals surface area contributed by atoms with Crippen LogP contribution in [0.3, 0.4) is 0 Å². The predicted octanol–water partition coefficient (Wildman–Crippen LogP) is 4.87. The second-order valence-electron chi connectivity index (χ2n) is 4.47. The average molecular weight is 415 g/mol. The van der Waals surface area contributed by atoms with Crippen molar-refractivity contribution in [2.45, 2.75) is 0 Å². The van der Waals surface area contributed by atoms with E-state index in [-0.39, 0.29) is 0 Å². The third-order valence-corrected chi connectivity index (χ3v) is 4.89. The molecule has 0 bridgehead atoms. The van der Waals surface area contributed by atoms with E-state index >= 15 is 0 Å². The fourth-order valence-electron chi connectivity index (χ4n) is 1.94. The van der Waals surface area contributed by atoms with E-state index < -0.39 is 0 Å². The zero-order valence-corrected chi connectivity index (χ0v) is 14.4. The molecule has 0 atom stereocenters. The van der Waals surface area contributed by atoms with E-state index in [1.165, 1.54) is 11.3 Å². The molecule has 0 spiro atoms. The normalized spacial score (nSPS) is 11.2. The van der Waals surface area contributed by atoms with Gasteiger partial charge in [0.25, 0.3) is 0 Å². The van der Waals surface area contributed by atoms with Crippen LogP contribution in [-0.2, 0) is 0 Å². The van der Waals surface area contributed by atoms with Crippen LogP contribution < -0.4 is 0 Å². The number of thiazole rings is 1. The van der Waals surface area contributed by atoms with E-state index in [1.807, 2.05) is 47.9 Å². The molecule has 0 saturated carbocycles. The summed E-state index contributed by atoms with van der Waals surface area (Å²) in [6, 6.07) is 14.0. The molecule has 0 aliphatic carbocycles. The van der Waals surface area contributed by atoms with Gasteiger partial charge in [0, 0.05) is 26.9 Å². The maximum Gasteiger partial charge on any atom is 0.134 e. The Morgan fingerprint density at radius 1 is 1.18 bits per heavy atom. The number of allylic oxidation sites excluding steroid dienone is 1. The fourth-order valence-corrected chi connectivity index (χ4v) is 3.28. The Balaban J connectivity index is 1.98. The largest absolute Gasteiger partial charge is 0.265 e. The first-order valence-electron chi connectivity index (χ1n) is 6.50. The molecule has 0 saturated heterocycles. The Labute approximate surface area is 146 Å². The molecule has 0 unspecified atom stereocenters. The molecule has 0 aliphatic rings. The number of rotatable bonds is 3. The zero-order chi connectivity index (χ0) is 15.4. The van der Waals surface area contributed by atoms with Crippen molar-refractivity contribution < 1.29 is 0 Å². The van der Waals surface area contributed by atoms with Crippen molar-refractivity contribution >= 4 is 45.6 Å². The lowest BCUT2D eigenvalue weighted by Gasteiger charge is -1.99. The number of halogens is 1. The quantitative estimate of drug-likeness (QED) is 0.453. The number of hydrogen-bond donors (Lipinski definition) is 0. The lowest BCUT2D eigenvalue weighted by Crippen LogP contribution is -1.84. The topological polar surface area (TPSA) is 49.6 Å². The van der Waals surface area contributed by atoms with Gasteiger partial charge in [0.2, 0.25) is 0 Å². The van der Waals surface area contributed by atoms with Crippen molar-refractivity contribution in [3.8, 4) is 17.3 Å². The first-order valence-corrected chi connectivity index (χ1v) is 8.46. The number of benzene rings is 1.